The van der Waals surface area contributed by atoms with E-state index < -0.39 is 118 Å². The van der Waals surface area contributed by atoms with Gasteiger partial charge in [0.1, 0.15) is 37.6 Å². The predicted octanol–water partition coefficient (Wildman–Crippen LogP) is 4.28. The van der Waals surface area contributed by atoms with Crippen molar-refractivity contribution in [2.75, 3.05) is 19.8 Å². The Balaban J connectivity index is 1.32. The molecule has 4 aromatic rings. The standard InChI is InChI=1S/C51H59NO15Si/c1-30(53)61-29-44-48(65-32(3)55)49(66-33(4)56)47(64-31(2)54)43(67-44)26-42(57)46(59)45(58)41(28-63-68(51(5,6)7,34-18-10-8-11-19-34)35-20-12-9-13-21-35)52-50(60)62-27-40-38-24-16-14-22-36(38)37-23-15-17-25-39(37)40/h8-25,40-41,43-49,58-59H,26-29H2,1-7H3,(H,52,60)/t41-,43-,44-,45-,46-,47+,48-,49-/m1/s1. The second-order valence-corrected chi connectivity index (χ2v) is 22.2. The number of aliphatic hydroxyl groups excluding tert-OH is 2. The molecule has 1 saturated heterocycles. The van der Waals surface area contributed by atoms with E-state index in [0.29, 0.717) is 0 Å². The van der Waals surface area contributed by atoms with Crippen molar-refractivity contribution in [2.45, 2.75) is 115 Å². The van der Waals surface area contributed by atoms with Crippen molar-refractivity contribution >= 4 is 54.4 Å². The average Bonchev–Trinajstić information content (AvgIpc) is 3.62. The smallest absolute Gasteiger partial charge is 0.407 e. The number of carbonyl (C=O) groups excluding carboxylic acids is 6. The molecule has 16 nitrogen and oxygen atoms in total. The van der Waals surface area contributed by atoms with Crippen LogP contribution in [-0.4, -0.2) is 123 Å². The zero-order valence-corrected chi connectivity index (χ0v) is 40.1. The summed E-state index contributed by atoms with van der Waals surface area (Å²) in [5.41, 5.74) is 3.97. The molecule has 2 aliphatic rings. The molecule has 1 aliphatic heterocycles. The number of alkyl carbamates (subject to hydrolysis) is 1. The van der Waals surface area contributed by atoms with Crippen LogP contribution in [0.4, 0.5) is 4.79 Å². The summed E-state index contributed by atoms with van der Waals surface area (Å²) in [5.74, 6) is -4.69. The van der Waals surface area contributed by atoms with E-state index in [9.17, 15) is 39.0 Å². The molecule has 0 radical (unpaired) electrons. The van der Waals surface area contributed by atoms with Gasteiger partial charge in [-0.3, -0.25) is 24.0 Å². The highest BCUT2D eigenvalue weighted by atomic mass is 28.4. The Hall–Kier alpha value is -6.24. The van der Waals surface area contributed by atoms with Crippen LogP contribution in [0.3, 0.4) is 0 Å². The van der Waals surface area contributed by atoms with Crippen LogP contribution in [0.2, 0.25) is 5.04 Å². The van der Waals surface area contributed by atoms with Gasteiger partial charge in [0.2, 0.25) is 0 Å². The van der Waals surface area contributed by atoms with E-state index in [-0.39, 0.29) is 12.5 Å². The second-order valence-electron chi connectivity index (χ2n) is 17.9. The van der Waals surface area contributed by atoms with Gasteiger partial charge in [0.15, 0.2) is 24.1 Å². The molecule has 1 heterocycles. The molecule has 362 valence electrons. The molecule has 0 unspecified atom stereocenters. The molecule has 0 spiro atoms. The maximum absolute atomic E-state index is 14.3. The van der Waals surface area contributed by atoms with Gasteiger partial charge in [-0.05, 0) is 37.7 Å². The molecule has 1 fully saturated rings. The summed E-state index contributed by atoms with van der Waals surface area (Å²) in [7, 11) is -3.36. The fourth-order valence-electron chi connectivity index (χ4n) is 9.21. The first-order valence-corrected chi connectivity index (χ1v) is 24.3. The lowest BCUT2D eigenvalue weighted by atomic mass is 9.89. The normalized spacial score (nSPS) is 20.3. The van der Waals surface area contributed by atoms with Gasteiger partial charge in [0.25, 0.3) is 8.32 Å². The van der Waals surface area contributed by atoms with Gasteiger partial charge < -0.3 is 48.4 Å². The minimum Gasteiger partial charge on any atom is -0.463 e. The first-order valence-electron chi connectivity index (χ1n) is 22.4. The summed E-state index contributed by atoms with van der Waals surface area (Å²) in [6.45, 7) is 9.39. The second kappa shape index (κ2) is 22.2. The van der Waals surface area contributed by atoms with E-state index in [0.717, 1.165) is 60.3 Å². The van der Waals surface area contributed by atoms with Crippen LogP contribution in [-0.2, 0) is 56.8 Å². The number of hydrogen-bond acceptors (Lipinski definition) is 15. The van der Waals surface area contributed by atoms with E-state index >= 15 is 0 Å². The van der Waals surface area contributed by atoms with Crippen LogP contribution in [0.25, 0.3) is 11.1 Å². The Morgan fingerprint density at radius 3 is 1.57 bits per heavy atom. The van der Waals surface area contributed by atoms with Crippen molar-refractivity contribution < 1.29 is 71.8 Å². The first-order chi connectivity index (χ1) is 32.3. The number of fused-ring (bicyclic) bond motifs is 3. The largest absolute Gasteiger partial charge is 0.463 e. The van der Waals surface area contributed by atoms with Gasteiger partial charge in [0.05, 0.1) is 12.6 Å². The minimum atomic E-state index is -3.36. The monoisotopic (exact) mass is 953 g/mol. The van der Waals surface area contributed by atoms with Crippen LogP contribution in [0.5, 0.6) is 0 Å². The highest BCUT2D eigenvalue weighted by Gasteiger charge is 2.54. The Kier molecular flexibility index (Phi) is 16.7. The molecule has 4 aromatic carbocycles. The van der Waals surface area contributed by atoms with Gasteiger partial charge in [-0.1, -0.05) is 130 Å². The maximum atomic E-state index is 14.3. The summed E-state index contributed by atoms with van der Waals surface area (Å²) < 4.78 is 40.7. The molecule has 0 saturated carbocycles. The molecule has 1 aliphatic carbocycles. The lowest BCUT2D eigenvalue weighted by Gasteiger charge is -2.44. The number of esters is 4. The summed E-state index contributed by atoms with van der Waals surface area (Å²) in [4.78, 5) is 77.3. The molecule has 68 heavy (non-hydrogen) atoms. The van der Waals surface area contributed by atoms with Crippen LogP contribution in [0, 0.1) is 0 Å². The Morgan fingerprint density at radius 1 is 0.618 bits per heavy atom. The molecular formula is C51H59NO15Si. The highest BCUT2D eigenvalue weighted by Crippen LogP contribution is 2.44. The van der Waals surface area contributed by atoms with E-state index in [1.807, 2.05) is 130 Å². The third-order valence-electron chi connectivity index (χ3n) is 12.1. The number of carbonyl (C=O) groups is 6. The zero-order chi connectivity index (χ0) is 49.3. The van der Waals surface area contributed by atoms with E-state index in [4.69, 9.17) is 32.8 Å². The molecule has 1 amide bonds. The van der Waals surface area contributed by atoms with Gasteiger partial charge in [0, 0.05) is 40.0 Å². The van der Waals surface area contributed by atoms with Crippen molar-refractivity contribution in [1.82, 2.24) is 5.32 Å². The minimum absolute atomic E-state index is 0.0807. The molecule has 3 N–H and O–H groups in total. The van der Waals surface area contributed by atoms with Crippen molar-refractivity contribution in [3.05, 3.63) is 120 Å². The van der Waals surface area contributed by atoms with Crippen LogP contribution < -0.4 is 15.7 Å². The van der Waals surface area contributed by atoms with Crippen molar-refractivity contribution in [2.24, 2.45) is 0 Å². The topological polar surface area (TPSA) is 220 Å². The Labute approximate surface area is 396 Å². The van der Waals surface area contributed by atoms with Gasteiger partial charge >= 0.3 is 30.0 Å². The fourth-order valence-corrected chi connectivity index (χ4v) is 13.8. The van der Waals surface area contributed by atoms with Crippen LogP contribution in [0.1, 0.15) is 71.9 Å². The van der Waals surface area contributed by atoms with E-state index in [2.05, 4.69) is 5.32 Å². The number of ketones is 1. The number of benzene rings is 4. The highest BCUT2D eigenvalue weighted by molar-refractivity contribution is 6.99. The lowest BCUT2D eigenvalue weighted by molar-refractivity contribution is -0.253. The molecular weight excluding hydrogens is 895 g/mol. The number of nitrogens with one attached hydrogen (secondary N) is 1. The van der Waals surface area contributed by atoms with Crippen molar-refractivity contribution in [1.29, 1.82) is 0 Å². The number of amides is 1. The number of ether oxygens (including phenoxy) is 6. The van der Waals surface area contributed by atoms with Crippen LogP contribution >= 0.6 is 0 Å². The molecule has 0 aromatic heterocycles. The maximum Gasteiger partial charge on any atom is 0.407 e. The average molecular weight is 954 g/mol. The first kappa shape index (κ1) is 51.2. The van der Waals surface area contributed by atoms with Crippen molar-refractivity contribution in [3.63, 3.8) is 0 Å². The third kappa shape index (κ3) is 11.7. The number of Topliss-reactive ketones (excluding diaryl/α,β-unsaturated/α-hetero) is 1. The van der Waals surface area contributed by atoms with Gasteiger partial charge in [-0.15, -0.1) is 0 Å². The molecule has 17 heteroatoms. The summed E-state index contributed by atoms with van der Waals surface area (Å²) >= 11 is 0. The van der Waals surface area contributed by atoms with E-state index in [1.54, 1.807) is 0 Å². The molecule has 6 rings (SSSR count). The van der Waals surface area contributed by atoms with E-state index in [1.165, 1.54) is 0 Å². The number of aliphatic hydroxyl groups is 2. The lowest BCUT2D eigenvalue weighted by Crippen LogP contribution is -2.68. The SMILES string of the molecule is CC(=O)OC[C@H]1O[C@H](CC(=O)[C@@H](O)[C@H](O)[C@@H](CO[Si](c2ccccc2)(c2ccccc2)C(C)(C)C)NC(=O)OCC2c3ccccc3-c3ccccc32)[C@H](OC(C)=O)[C@@H](OC(C)=O)[C@@H]1OC(C)=O. The fraction of sp³-hybridized carbons (Fsp3) is 0.412. The predicted molar refractivity (Wildman–Crippen MR) is 249 cm³/mol. The van der Waals surface area contributed by atoms with Crippen LogP contribution in [0.15, 0.2) is 109 Å². The Bertz CT molecular complexity index is 2340. The Morgan fingerprint density at radius 2 is 1.09 bits per heavy atom. The van der Waals surface area contributed by atoms with Gasteiger partial charge in [-0.2, -0.15) is 0 Å². The zero-order valence-electron chi connectivity index (χ0n) is 39.1. The summed E-state index contributed by atoms with van der Waals surface area (Å²) in [6.07, 6.45) is -13.6. The van der Waals surface area contributed by atoms with Crippen molar-refractivity contribution in [3.8, 4) is 11.1 Å². The number of hydrogen-bond donors (Lipinski definition) is 3. The number of rotatable bonds is 18. The molecule has 8 atom stereocenters. The molecule has 0 bridgehead atoms. The van der Waals surface area contributed by atoms with Gasteiger partial charge in [-0.25, -0.2) is 4.79 Å². The quantitative estimate of drug-likeness (QED) is 0.0721. The summed E-state index contributed by atoms with van der Waals surface area (Å²) in [5, 5.41) is 27.8. The summed E-state index contributed by atoms with van der Waals surface area (Å²) in [6, 6.07) is 33.3. The third-order valence-corrected chi connectivity index (χ3v) is 17.1.